The van der Waals surface area contributed by atoms with Gasteiger partial charge in [-0.15, -0.1) is 0 Å². The Hall–Kier alpha value is 0.310. The first-order valence-electron chi connectivity index (χ1n) is 3.27. The average Bonchev–Trinajstić information content (AvgIpc) is 1.63. The van der Waals surface area contributed by atoms with Crippen molar-refractivity contribution < 1.29 is 4.74 Å². The molecule has 9 heavy (non-hydrogen) atoms. The fraction of sp³-hybridized carbons (Fsp3) is 1.00. The molecule has 0 spiro atoms. The predicted octanol–water partition coefficient (Wildman–Crippen LogP) is 2.12. The number of rotatable bonds is 4. The van der Waals surface area contributed by atoms with Gasteiger partial charge in [0.15, 0.2) is 0 Å². The molecule has 0 heterocycles. The summed E-state index contributed by atoms with van der Waals surface area (Å²) in [6, 6.07) is 0. The van der Waals surface area contributed by atoms with Crippen molar-refractivity contribution in [3.63, 3.8) is 0 Å². The molecule has 0 rings (SSSR count). The van der Waals surface area contributed by atoms with Crippen LogP contribution < -0.4 is 0 Å². The van der Waals surface area contributed by atoms with Crippen molar-refractivity contribution >= 4 is 12.6 Å². The van der Waals surface area contributed by atoms with Gasteiger partial charge >= 0.3 is 0 Å². The summed E-state index contributed by atoms with van der Waals surface area (Å²) >= 11 is 4.37. The molecule has 0 aromatic rings. The molecule has 0 radical (unpaired) electrons. The smallest absolute Gasteiger partial charge is 0.0462 e. The Morgan fingerprint density at radius 2 is 2.00 bits per heavy atom. The Balaban J connectivity index is 3.07. The SMILES string of the molecule is COCCCC(C)(C)S. The summed E-state index contributed by atoms with van der Waals surface area (Å²) in [4.78, 5) is 0. The van der Waals surface area contributed by atoms with Gasteiger partial charge in [-0.2, -0.15) is 12.6 Å². The minimum Gasteiger partial charge on any atom is -0.385 e. The van der Waals surface area contributed by atoms with Gasteiger partial charge in [-0.25, -0.2) is 0 Å². The molecule has 0 aliphatic rings. The summed E-state index contributed by atoms with van der Waals surface area (Å²) in [5, 5.41) is 0. The van der Waals surface area contributed by atoms with Gasteiger partial charge < -0.3 is 4.74 Å². The molecule has 0 amide bonds. The molecule has 0 bridgehead atoms. The second-order valence-electron chi connectivity index (χ2n) is 2.91. The zero-order valence-electron chi connectivity index (χ0n) is 6.48. The molecule has 0 saturated heterocycles. The van der Waals surface area contributed by atoms with Crippen LogP contribution in [0.4, 0.5) is 0 Å². The molecule has 0 aliphatic carbocycles. The highest BCUT2D eigenvalue weighted by Gasteiger charge is 2.09. The van der Waals surface area contributed by atoms with Gasteiger partial charge in [0.05, 0.1) is 0 Å². The molecule has 0 aliphatic heterocycles. The molecule has 0 fully saturated rings. The van der Waals surface area contributed by atoms with Crippen LogP contribution >= 0.6 is 12.6 Å². The highest BCUT2D eigenvalue weighted by Crippen LogP contribution is 2.18. The van der Waals surface area contributed by atoms with Gasteiger partial charge in [-0.05, 0) is 12.8 Å². The predicted molar refractivity (Wildman–Crippen MR) is 44.2 cm³/mol. The molecule has 0 aromatic heterocycles. The first-order chi connectivity index (χ1) is 4.06. The molecular weight excluding hydrogens is 132 g/mol. The van der Waals surface area contributed by atoms with E-state index in [1.165, 1.54) is 0 Å². The minimum absolute atomic E-state index is 0.165. The molecule has 0 unspecified atom stereocenters. The Labute approximate surface area is 63.2 Å². The van der Waals surface area contributed by atoms with Gasteiger partial charge in [0.1, 0.15) is 0 Å². The van der Waals surface area contributed by atoms with Crippen molar-refractivity contribution in [1.29, 1.82) is 0 Å². The molecular formula is C7H16OS. The number of thiol groups is 1. The van der Waals surface area contributed by atoms with Gasteiger partial charge in [-0.1, -0.05) is 13.8 Å². The summed E-state index contributed by atoms with van der Waals surface area (Å²) in [6.45, 7) is 5.08. The quantitative estimate of drug-likeness (QED) is 0.474. The third kappa shape index (κ3) is 8.31. The monoisotopic (exact) mass is 148 g/mol. The van der Waals surface area contributed by atoms with Crippen LogP contribution in [0, 0.1) is 0 Å². The normalized spacial score (nSPS) is 12.0. The summed E-state index contributed by atoms with van der Waals surface area (Å²) in [7, 11) is 1.73. The van der Waals surface area contributed by atoms with Crippen LogP contribution in [0.15, 0.2) is 0 Å². The van der Waals surface area contributed by atoms with E-state index in [1.807, 2.05) is 0 Å². The zero-order chi connectivity index (χ0) is 7.33. The Morgan fingerprint density at radius 3 is 2.33 bits per heavy atom. The van der Waals surface area contributed by atoms with E-state index in [4.69, 9.17) is 4.74 Å². The zero-order valence-corrected chi connectivity index (χ0v) is 7.37. The van der Waals surface area contributed by atoms with Crippen molar-refractivity contribution in [2.45, 2.75) is 31.4 Å². The maximum atomic E-state index is 4.90. The molecule has 0 N–H and O–H groups in total. The maximum Gasteiger partial charge on any atom is 0.0462 e. The lowest BCUT2D eigenvalue weighted by atomic mass is 10.1. The molecule has 0 atom stereocenters. The highest BCUT2D eigenvalue weighted by molar-refractivity contribution is 7.81. The van der Waals surface area contributed by atoms with E-state index in [2.05, 4.69) is 26.5 Å². The van der Waals surface area contributed by atoms with Crippen molar-refractivity contribution in [3.05, 3.63) is 0 Å². The van der Waals surface area contributed by atoms with E-state index >= 15 is 0 Å². The van der Waals surface area contributed by atoms with E-state index in [9.17, 15) is 0 Å². The summed E-state index contributed by atoms with van der Waals surface area (Å²) in [5.41, 5.74) is 0. The molecule has 1 nitrogen and oxygen atoms in total. The Kier molecular flexibility index (Phi) is 4.32. The number of methoxy groups -OCH3 is 1. The molecule has 0 aromatic carbocycles. The first kappa shape index (κ1) is 9.31. The standard InChI is InChI=1S/C7H16OS/c1-7(2,9)5-4-6-8-3/h9H,4-6H2,1-3H3. The van der Waals surface area contributed by atoms with E-state index < -0.39 is 0 Å². The second-order valence-corrected chi connectivity index (χ2v) is 4.12. The van der Waals surface area contributed by atoms with Crippen LogP contribution in [-0.4, -0.2) is 18.5 Å². The summed E-state index contributed by atoms with van der Waals surface area (Å²) in [6.07, 6.45) is 2.22. The largest absolute Gasteiger partial charge is 0.385 e. The lowest BCUT2D eigenvalue weighted by Crippen LogP contribution is -2.10. The van der Waals surface area contributed by atoms with Gasteiger partial charge in [-0.3, -0.25) is 0 Å². The minimum atomic E-state index is 0.165. The number of hydrogen-bond donors (Lipinski definition) is 1. The molecule has 0 saturated carbocycles. The molecule has 56 valence electrons. The van der Waals surface area contributed by atoms with Crippen molar-refractivity contribution in [2.75, 3.05) is 13.7 Å². The van der Waals surface area contributed by atoms with Gasteiger partial charge in [0, 0.05) is 18.5 Å². The first-order valence-corrected chi connectivity index (χ1v) is 3.72. The van der Waals surface area contributed by atoms with Crippen LogP contribution in [0.25, 0.3) is 0 Å². The van der Waals surface area contributed by atoms with Crippen molar-refractivity contribution in [3.8, 4) is 0 Å². The van der Waals surface area contributed by atoms with Crippen LogP contribution in [0.3, 0.4) is 0 Å². The van der Waals surface area contributed by atoms with Gasteiger partial charge in [0.2, 0.25) is 0 Å². The third-order valence-corrected chi connectivity index (χ3v) is 1.36. The van der Waals surface area contributed by atoms with Crippen LogP contribution in [0.5, 0.6) is 0 Å². The number of ether oxygens (including phenoxy) is 1. The Bertz CT molecular complexity index is 65.8. The van der Waals surface area contributed by atoms with Gasteiger partial charge in [0.25, 0.3) is 0 Å². The lowest BCUT2D eigenvalue weighted by molar-refractivity contribution is 0.190. The third-order valence-electron chi connectivity index (χ3n) is 1.14. The van der Waals surface area contributed by atoms with E-state index in [0.717, 1.165) is 19.4 Å². The summed E-state index contributed by atoms with van der Waals surface area (Å²) < 4.78 is 5.07. The fourth-order valence-corrected chi connectivity index (χ4v) is 0.807. The van der Waals surface area contributed by atoms with E-state index in [1.54, 1.807) is 7.11 Å². The maximum absolute atomic E-state index is 4.90. The topological polar surface area (TPSA) is 9.23 Å². The van der Waals surface area contributed by atoms with Crippen LogP contribution in [0.1, 0.15) is 26.7 Å². The second kappa shape index (κ2) is 4.18. The lowest BCUT2D eigenvalue weighted by Gasteiger charge is -2.15. The van der Waals surface area contributed by atoms with E-state index in [0.29, 0.717) is 0 Å². The highest BCUT2D eigenvalue weighted by atomic mass is 32.1. The Morgan fingerprint density at radius 1 is 1.44 bits per heavy atom. The number of hydrogen-bond acceptors (Lipinski definition) is 2. The van der Waals surface area contributed by atoms with Crippen molar-refractivity contribution in [2.24, 2.45) is 0 Å². The van der Waals surface area contributed by atoms with Crippen LogP contribution in [0.2, 0.25) is 0 Å². The molecule has 2 heteroatoms. The van der Waals surface area contributed by atoms with Crippen LogP contribution in [-0.2, 0) is 4.74 Å². The average molecular weight is 148 g/mol. The van der Waals surface area contributed by atoms with E-state index in [-0.39, 0.29) is 4.75 Å². The fourth-order valence-electron chi connectivity index (χ4n) is 0.649. The summed E-state index contributed by atoms with van der Waals surface area (Å²) in [5.74, 6) is 0. The van der Waals surface area contributed by atoms with Crippen molar-refractivity contribution in [1.82, 2.24) is 0 Å².